The van der Waals surface area contributed by atoms with Crippen LogP contribution in [-0.2, 0) is 9.53 Å². The van der Waals surface area contributed by atoms with Gasteiger partial charge in [-0.15, -0.1) is 0 Å². The highest BCUT2D eigenvalue weighted by atomic mass is 16.6. The maximum absolute atomic E-state index is 11.7. The van der Waals surface area contributed by atoms with Crippen LogP contribution < -0.4 is 0 Å². The lowest BCUT2D eigenvalue weighted by Gasteiger charge is -2.44. The summed E-state index contributed by atoms with van der Waals surface area (Å²) in [5.41, 5.74) is 0.0739. The van der Waals surface area contributed by atoms with Gasteiger partial charge in [-0.05, 0) is 37.5 Å². The third-order valence-electron chi connectivity index (χ3n) is 4.80. The zero-order valence-corrected chi connectivity index (χ0v) is 7.66. The lowest BCUT2D eigenvalue weighted by atomic mass is 9.57. The maximum Gasteiger partial charge on any atom is 0.138 e. The van der Waals surface area contributed by atoms with E-state index in [9.17, 15) is 4.79 Å². The lowest BCUT2D eigenvalue weighted by Crippen LogP contribution is -2.48. The molecule has 1 heterocycles. The minimum atomic E-state index is 0.0739. The van der Waals surface area contributed by atoms with Gasteiger partial charge in [-0.3, -0.25) is 4.79 Å². The normalized spacial score (nSPS) is 62.0. The average molecular weight is 178 g/mol. The summed E-state index contributed by atoms with van der Waals surface area (Å²) >= 11 is 0. The Balaban J connectivity index is 1.82. The maximum atomic E-state index is 11.7. The van der Waals surface area contributed by atoms with Gasteiger partial charge in [0.05, 0.1) is 6.10 Å². The second-order valence-electron chi connectivity index (χ2n) is 5.41. The predicted octanol–water partition coefficient (Wildman–Crippen LogP) is 1.53. The Labute approximate surface area is 77.6 Å². The summed E-state index contributed by atoms with van der Waals surface area (Å²) in [5, 5.41) is 0. The Morgan fingerprint density at radius 1 is 1.23 bits per heavy atom. The Morgan fingerprint density at radius 2 is 2.15 bits per heavy atom. The number of carbonyl (C=O) groups is 1. The van der Waals surface area contributed by atoms with Crippen LogP contribution in [0.25, 0.3) is 0 Å². The van der Waals surface area contributed by atoms with Crippen LogP contribution in [0.1, 0.15) is 32.1 Å². The van der Waals surface area contributed by atoms with Gasteiger partial charge in [0.25, 0.3) is 0 Å². The summed E-state index contributed by atoms with van der Waals surface area (Å²) in [6.07, 6.45) is 6.14. The number of hydrogen-bond acceptors (Lipinski definition) is 2. The van der Waals surface area contributed by atoms with Crippen molar-refractivity contribution in [2.24, 2.45) is 17.8 Å². The van der Waals surface area contributed by atoms with Gasteiger partial charge in [-0.2, -0.15) is 0 Å². The van der Waals surface area contributed by atoms with Crippen molar-refractivity contribution in [3.05, 3.63) is 0 Å². The summed E-state index contributed by atoms with van der Waals surface area (Å²) in [6.45, 7) is 0. The molecule has 2 heteroatoms. The molecule has 0 aromatic rings. The molecule has 1 spiro atoms. The molecule has 5 atom stereocenters. The molecule has 3 bridgehead atoms. The molecule has 0 amide bonds. The summed E-state index contributed by atoms with van der Waals surface area (Å²) in [6, 6.07) is 0. The molecule has 0 N–H and O–H groups in total. The molecular weight excluding hydrogens is 164 g/mol. The van der Waals surface area contributed by atoms with E-state index in [0.29, 0.717) is 17.8 Å². The van der Waals surface area contributed by atoms with Crippen molar-refractivity contribution in [3.63, 3.8) is 0 Å². The number of ether oxygens (including phenoxy) is 1. The molecule has 0 radical (unpaired) electrons. The number of epoxide rings is 1. The van der Waals surface area contributed by atoms with Crippen LogP contribution in [-0.4, -0.2) is 17.5 Å². The third-order valence-corrected chi connectivity index (χ3v) is 4.80. The van der Waals surface area contributed by atoms with Crippen LogP contribution in [0.2, 0.25) is 0 Å². The first kappa shape index (κ1) is 6.99. The number of ketones is 1. The fraction of sp³-hybridized carbons (Fsp3) is 0.909. The summed E-state index contributed by atoms with van der Waals surface area (Å²) in [4.78, 5) is 11.7. The molecule has 4 fully saturated rings. The second kappa shape index (κ2) is 1.85. The van der Waals surface area contributed by atoms with E-state index in [1.807, 2.05) is 0 Å². The summed E-state index contributed by atoms with van der Waals surface area (Å²) < 4.78 is 5.82. The molecule has 2 nitrogen and oxygen atoms in total. The summed E-state index contributed by atoms with van der Waals surface area (Å²) in [7, 11) is 0. The first-order chi connectivity index (χ1) is 6.28. The van der Waals surface area contributed by atoms with Gasteiger partial charge in [0, 0.05) is 12.3 Å². The zero-order chi connectivity index (χ0) is 8.63. The fourth-order valence-corrected chi connectivity index (χ4v) is 4.15. The molecule has 4 aliphatic rings. The molecule has 4 rings (SSSR count). The summed E-state index contributed by atoms with van der Waals surface area (Å²) in [5.74, 6) is 2.48. The molecule has 2 unspecified atom stereocenters. The van der Waals surface area contributed by atoms with Crippen molar-refractivity contribution < 1.29 is 9.53 Å². The topological polar surface area (TPSA) is 29.6 Å². The van der Waals surface area contributed by atoms with E-state index in [0.717, 1.165) is 24.7 Å². The largest absolute Gasteiger partial charge is 0.365 e. The van der Waals surface area contributed by atoms with Crippen LogP contribution in [0.3, 0.4) is 0 Å². The molecular formula is C11H14O2. The van der Waals surface area contributed by atoms with Gasteiger partial charge < -0.3 is 4.74 Å². The number of carbonyl (C=O) groups excluding carboxylic acids is 1. The molecule has 0 aromatic heterocycles. The van der Waals surface area contributed by atoms with E-state index in [2.05, 4.69) is 0 Å². The first-order valence-corrected chi connectivity index (χ1v) is 5.48. The van der Waals surface area contributed by atoms with Crippen LogP contribution in [0.5, 0.6) is 0 Å². The molecule has 1 aliphatic heterocycles. The van der Waals surface area contributed by atoms with Gasteiger partial charge in [0.15, 0.2) is 0 Å². The average Bonchev–Trinajstić information content (AvgIpc) is 2.76. The molecule has 3 aliphatic carbocycles. The van der Waals surface area contributed by atoms with Crippen molar-refractivity contribution in [2.75, 3.05) is 0 Å². The highest BCUT2D eigenvalue weighted by Gasteiger charge is 2.69. The van der Waals surface area contributed by atoms with Crippen molar-refractivity contribution in [1.82, 2.24) is 0 Å². The van der Waals surface area contributed by atoms with Gasteiger partial charge in [-0.25, -0.2) is 0 Å². The van der Waals surface area contributed by atoms with E-state index >= 15 is 0 Å². The van der Waals surface area contributed by atoms with Crippen LogP contribution in [0.15, 0.2) is 0 Å². The van der Waals surface area contributed by atoms with E-state index in [1.54, 1.807) is 0 Å². The second-order valence-corrected chi connectivity index (χ2v) is 5.41. The minimum Gasteiger partial charge on any atom is -0.365 e. The monoisotopic (exact) mass is 178 g/mol. The highest BCUT2D eigenvalue weighted by Crippen LogP contribution is 2.63. The van der Waals surface area contributed by atoms with E-state index in [-0.39, 0.29) is 5.60 Å². The van der Waals surface area contributed by atoms with Crippen LogP contribution >= 0.6 is 0 Å². The Bertz CT molecular complexity index is 298. The molecule has 0 aromatic carbocycles. The van der Waals surface area contributed by atoms with E-state index < -0.39 is 0 Å². The SMILES string of the molecule is O=C1CC23OC2C[C@@H]2C[C@H]1C[C@H]3C2. The van der Waals surface area contributed by atoms with Crippen molar-refractivity contribution in [2.45, 2.75) is 43.8 Å². The van der Waals surface area contributed by atoms with Crippen molar-refractivity contribution in [3.8, 4) is 0 Å². The number of Topliss-reactive ketones (excluding diaryl/α,β-unsaturated/α-hetero) is 1. The van der Waals surface area contributed by atoms with Crippen molar-refractivity contribution >= 4 is 5.78 Å². The van der Waals surface area contributed by atoms with E-state index in [4.69, 9.17) is 4.74 Å². The Kier molecular flexibility index (Phi) is 0.997. The number of rotatable bonds is 0. The van der Waals surface area contributed by atoms with Crippen LogP contribution in [0.4, 0.5) is 0 Å². The fourth-order valence-electron chi connectivity index (χ4n) is 4.15. The number of hydrogen-bond donors (Lipinski definition) is 0. The predicted molar refractivity (Wildman–Crippen MR) is 46.2 cm³/mol. The highest BCUT2D eigenvalue weighted by molar-refractivity contribution is 5.84. The number of fused-ring (bicyclic) bond motifs is 2. The molecule has 3 saturated carbocycles. The standard InChI is InChI=1S/C11H14O2/c12-9-5-11-8-2-6(1-7(9)4-8)3-10(11)13-11/h6-8,10H,1-5H2/t6-,7+,8-,10?,11?/m1/s1. The van der Waals surface area contributed by atoms with E-state index in [1.165, 1.54) is 19.3 Å². The molecule has 1 saturated heterocycles. The van der Waals surface area contributed by atoms with Crippen LogP contribution in [0, 0.1) is 17.8 Å². The molecule has 13 heavy (non-hydrogen) atoms. The smallest absolute Gasteiger partial charge is 0.138 e. The van der Waals surface area contributed by atoms with Gasteiger partial charge in [0.2, 0.25) is 0 Å². The first-order valence-electron chi connectivity index (χ1n) is 5.48. The van der Waals surface area contributed by atoms with Gasteiger partial charge in [-0.1, -0.05) is 0 Å². The quantitative estimate of drug-likeness (QED) is 0.526. The minimum absolute atomic E-state index is 0.0739. The van der Waals surface area contributed by atoms with Crippen molar-refractivity contribution in [1.29, 1.82) is 0 Å². The van der Waals surface area contributed by atoms with Gasteiger partial charge in [0.1, 0.15) is 11.4 Å². The lowest BCUT2D eigenvalue weighted by molar-refractivity contribution is -0.132. The third kappa shape index (κ3) is 0.687. The Morgan fingerprint density at radius 3 is 3.08 bits per heavy atom. The Hall–Kier alpha value is -0.370. The zero-order valence-electron chi connectivity index (χ0n) is 7.66. The van der Waals surface area contributed by atoms with Gasteiger partial charge >= 0.3 is 0 Å². The molecule has 70 valence electrons.